The largest absolute Gasteiger partial charge is 0.404 e. The Kier molecular flexibility index (Phi) is 15.8. The number of anilines is 3. The number of hydrogen-bond donors (Lipinski definition) is 6. The normalized spacial score (nSPS) is 20.4. The first kappa shape index (κ1) is 47.8. The Hall–Kier alpha value is -6.17. The van der Waals surface area contributed by atoms with Crippen LogP contribution in [0.5, 0.6) is 0 Å². The number of fused-ring (bicyclic) bond motifs is 1. The lowest BCUT2D eigenvalue weighted by Gasteiger charge is -2.39. The summed E-state index contributed by atoms with van der Waals surface area (Å²) >= 11 is 0. The molecule has 1 atom stereocenters. The third kappa shape index (κ3) is 11.8. The van der Waals surface area contributed by atoms with Gasteiger partial charge in [0, 0.05) is 117 Å². The van der Waals surface area contributed by atoms with E-state index in [1.165, 1.54) is 25.4 Å². The molecule has 0 radical (unpaired) electrons. The van der Waals surface area contributed by atoms with Gasteiger partial charge in [0.2, 0.25) is 29.5 Å². The number of aliphatic imine (C=N–C) groups is 1. The summed E-state index contributed by atoms with van der Waals surface area (Å²) in [5.74, 6) is -0.120. The van der Waals surface area contributed by atoms with E-state index >= 15 is 0 Å². The molecule has 2 aromatic carbocycles. The monoisotopic (exact) mass is 911 g/mol. The van der Waals surface area contributed by atoms with Gasteiger partial charge < -0.3 is 36.4 Å². The number of nitrogens with two attached hydrogens (primary N) is 1. The Labute approximate surface area is 385 Å². The average molecular weight is 912 g/mol. The molecule has 1 unspecified atom stereocenters. The number of alkyl halides is 2. The zero-order valence-corrected chi connectivity index (χ0v) is 38.0. The molecule has 5 aliphatic rings. The van der Waals surface area contributed by atoms with Crippen LogP contribution in [0.1, 0.15) is 94.2 Å². The number of imide groups is 1. The first-order chi connectivity index (χ1) is 31.8. The van der Waals surface area contributed by atoms with Gasteiger partial charge in [-0.3, -0.25) is 44.6 Å². The Morgan fingerprint density at radius 2 is 1.70 bits per heavy atom. The van der Waals surface area contributed by atoms with Gasteiger partial charge in [0.05, 0.1) is 13.1 Å². The Morgan fingerprint density at radius 1 is 0.939 bits per heavy atom. The van der Waals surface area contributed by atoms with Crippen LogP contribution in [0.2, 0.25) is 0 Å². The summed E-state index contributed by atoms with van der Waals surface area (Å²) < 4.78 is 29.1. The van der Waals surface area contributed by atoms with Gasteiger partial charge >= 0.3 is 0 Å². The number of carbonyl (C=O) groups excluding carboxylic acids is 5. The van der Waals surface area contributed by atoms with E-state index < -0.39 is 12.5 Å². The molecule has 16 nitrogen and oxygen atoms in total. The number of aryl methyl sites for hydroxylation is 1. The van der Waals surface area contributed by atoms with Crippen molar-refractivity contribution in [2.45, 2.75) is 96.1 Å². The maximum atomic E-state index is 14.6. The second kappa shape index (κ2) is 21.9. The van der Waals surface area contributed by atoms with Crippen molar-refractivity contribution < 1.29 is 32.8 Å². The van der Waals surface area contributed by atoms with Crippen molar-refractivity contribution >= 4 is 64.2 Å². The first-order valence-corrected chi connectivity index (χ1v) is 23.2. The SMILES string of the molecule is CN=CC(=CN)c1cc2c(cc1C(F)F)N(C(=N)C1=C(NC3CCN(C(=O)CCC4CCN(CC(=O)Nc5cccc(NC6CCC(=O)NC6=O)c5)CC4)CC3)CCN(C(C)=O)C1)CCC2. The van der Waals surface area contributed by atoms with E-state index in [-0.39, 0.29) is 66.5 Å². The predicted molar refractivity (Wildman–Crippen MR) is 251 cm³/mol. The van der Waals surface area contributed by atoms with Gasteiger partial charge in [0.25, 0.3) is 6.43 Å². The fourth-order valence-electron chi connectivity index (χ4n) is 9.79. The molecule has 7 rings (SSSR count). The van der Waals surface area contributed by atoms with Gasteiger partial charge in [-0.25, -0.2) is 8.78 Å². The molecule has 0 saturated carbocycles. The fraction of sp³-hybridized carbons (Fsp3) is 0.521. The number of amides is 5. The number of likely N-dealkylation sites (tertiary alicyclic amines) is 2. The lowest BCUT2D eigenvalue weighted by Crippen LogP contribution is -2.48. The number of rotatable bonds is 14. The van der Waals surface area contributed by atoms with Gasteiger partial charge in [-0.05, 0) is 112 Å². The number of amidine groups is 1. The lowest BCUT2D eigenvalue weighted by atomic mass is 9.91. The van der Waals surface area contributed by atoms with Crippen molar-refractivity contribution in [3.63, 3.8) is 0 Å². The van der Waals surface area contributed by atoms with Crippen LogP contribution in [0.4, 0.5) is 25.8 Å². The van der Waals surface area contributed by atoms with Crippen molar-refractivity contribution in [2.75, 3.05) is 74.9 Å². The summed E-state index contributed by atoms with van der Waals surface area (Å²) in [5.41, 5.74) is 10.6. The minimum absolute atomic E-state index is 0.0686. The van der Waals surface area contributed by atoms with E-state index in [1.54, 1.807) is 41.1 Å². The van der Waals surface area contributed by atoms with Crippen molar-refractivity contribution in [3.8, 4) is 0 Å². The number of nitrogens with zero attached hydrogens (tertiary/aromatic N) is 5. The summed E-state index contributed by atoms with van der Waals surface area (Å²) in [7, 11) is 1.56. The average Bonchev–Trinajstić information content (AvgIpc) is 3.30. The minimum Gasteiger partial charge on any atom is -0.404 e. The molecule has 5 heterocycles. The van der Waals surface area contributed by atoms with Gasteiger partial charge in [-0.15, -0.1) is 0 Å². The maximum absolute atomic E-state index is 14.6. The topological polar surface area (TPSA) is 209 Å². The van der Waals surface area contributed by atoms with Gasteiger partial charge in [-0.2, -0.15) is 0 Å². The number of halogens is 2. The van der Waals surface area contributed by atoms with Crippen LogP contribution >= 0.6 is 0 Å². The van der Waals surface area contributed by atoms with Crippen LogP contribution in [0.15, 0.2) is 58.9 Å². The molecule has 2 aromatic rings. The smallest absolute Gasteiger partial charge is 0.264 e. The van der Waals surface area contributed by atoms with E-state index in [1.807, 2.05) is 11.0 Å². The number of nitrogens with one attached hydrogen (secondary N) is 5. The molecule has 5 aliphatic heterocycles. The number of benzene rings is 2. The van der Waals surface area contributed by atoms with Gasteiger partial charge in [0.1, 0.15) is 11.9 Å². The zero-order valence-electron chi connectivity index (χ0n) is 38.0. The molecule has 0 bridgehead atoms. The molecule has 0 spiro atoms. The van der Waals surface area contributed by atoms with E-state index in [4.69, 9.17) is 5.73 Å². The highest BCUT2D eigenvalue weighted by Crippen LogP contribution is 2.38. The van der Waals surface area contributed by atoms with E-state index in [2.05, 4.69) is 31.2 Å². The summed E-state index contributed by atoms with van der Waals surface area (Å²) in [6.45, 7) is 5.75. The van der Waals surface area contributed by atoms with Gasteiger partial charge in [0.15, 0.2) is 0 Å². The van der Waals surface area contributed by atoms with Crippen LogP contribution in [0.25, 0.3) is 5.57 Å². The fourth-order valence-corrected chi connectivity index (χ4v) is 9.79. The molecule has 18 heteroatoms. The number of carbonyl (C=O) groups is 5. The van der Waals surface area contributed by atoms with Gasteiger partial charge in [-0.1, -0.05) is 6.07 Å². The Morgan fingerprint density at radius 3 is 2.39 bits per heavy atom. The third-order valence-electron chi connectivity index (χ3n) is 13.5. The van der Waals surface area contributed by atoms with Crippen molar-refractivity contribution in [2.24, 2.45) is 16.6 Å². The van der Waals surface area contributed by atoms with Crippen molar-refractivity contribution in [3.05, 3.63) is 70.6 Å². The lowest BCUT2D eigenvalue weighted by molar-refractivity contribution is -0.134. The molecular weight excluding hydrogens is 849 g/mol. The minimum atomic E-state index is -2.77. The Balaban J connectivity index is 0.881. The van der Waals surface area contributed by atoms with Crippen LogP contribution in [-0.2, 0) is 30.4 Å². The van der Waals surface area contributed by atoms with Crippen LogP contribution in [-0.4, -0.2) is 128 Å². The molecule has 354 valence electrons. The molecule has 5 amide bonds. The molecule has 66 heavy (non-hydrogen) atoms. The molecular formula is C48H63F2N11O5. The third-order valence-corrected chi connectivity index (χ3v) is 13.5. The predicted octanol–water partition coefficient (Wildman–Crippen LogP) is 4.79. The van der Waals surface area contributed by atoms with E-state index in [0.717, 1.165) is 62.9 Å². The Bertz CT molecular complexity index is 2270. The van der Waals surface area contributed by atoms with E-state index in [9.17, 15) is 38.2 Å². The second-order valence-corrected chi connectivity index (χ2v) is 18.0. The zero-order chi connectivity index (χ0) is 46.9. The number of hydrogen-bond acceptors (Lipinski definition) is 11. The maximum Gasteiger partial charge on any atom is 0.264 e. The van der Waals surface area contributed by atoms with Crippen LogP contribution < -0.4 is 31.9 Å². The highest BCUT2D eigenvalue weighted by atomic mass is 19.3. The summed E-state index contributed by atoms with van der Waals surface area (Å²) in [6, 6.07) is 9.95. The highest BCUT2D eigenvalue weighted by molar-refractivity contribution is 6.12. The molecule has 7 N–H and O–H groups in total. The first-order valence-electron chi connectivity index (χ1n) is 23.2. The number of piperidine rings is 3. The molecule has 0 aliphatic carbocycles. The van der Waals surface area contributed by atoms with E-state index in [0.29, 0.717) is 91.6 Å². The quantitative estimate of drug-likeness (QED) is 0.0868. The van der Waals surface area contributed by atoms with Crippen LogP contribution in [0, 0.1) is 11.3 Å². The molecule has 3 fully saturated rings. The summed E-state index contributed by atoms with van der Waals surface area (Å²) in [6.07, 6.45) is 7.11. The van der Waals surface area contributed by atoms with Crippen molar-refractivity contribution in [1.29, 1.82) is 5.41 Å². The molecule has 3 saturated heterocycles. The molecule has 0 aromatic heterocycles. The highest BCUT2D eigenvalue weighted by Gasteiger charge is 2.33. The number of allylic oxidation sites excluding steroid dienone is 1. The summed E-state index contributed by atoms with van der Waals surface area (Å²) in [5, 5.41) is 21.7. The van der Waals surface area contributed by atoms with Crippen molar-refractivity contribution in [1.82, 2.24) is 25.3 Å². The van der Waals surface area contributed by atoms with Crippen LogP contribution in [0.3, 0.4) is 0 Å². The second-order valence-electron chi connectivity index (χ2n) is 18.0. The summed E-state index contributed by atoms with van der Waals surface area (Å²) in [4.78, 5) is 74.2. The standard InChI is InChI=1S/C48H63F2N11O5/c1-30(62)60-22-16-40(39(28-60)47(52)61-17-4-5-32-23-37(33(26-51)27-53-2)38(46(49)50)25-42(32)61)54-34-14-20-59(21-15-34)45(65)11-8-31-12-18-58(19-13-31)29-44(64)56-36-7-3-6-35(24-36)55-41-9-10-43(63)57-48(41)66/h3,6-7,23-27,31,34,41,46,52,54-55H,4-5,8-22,28-29,51H2,1-2H3,(H,56,64)(H,57,63,66).